The third-order valence-electron chi connectivity index (χ3n) is 7.04. The maximum atomic E-state index is 14.1. The van der Waals surface area contributed by atoms with Crippen molar-refractivity contribution in [1.29, 1.82) is 0 Å². The van der Waals surface area contributed by atoms with Crippen LogP contribution in [-0.4, -0.2) is 43.9 Å². The molecule has 1 aromatic heterocycles. The highest BCUT2D eigenvalue weighted by Crippen LogP contribution is 2.36. The first-order chi connectivity index (χ1) is 21.6. The van der Waals surface area contributed by atoms with Crippen molar-refractivity contribution in [2.75, 3.05) is 27.4 Å². The van der Waals surface area contributed by atoms with Gasteiger partial charge < -0.3 is 23.7 Å². The van der Waals surface area contributed by atoms with E-state index < -0.39 is 18.0 Å². The molecule has 10 nitrogen and oxygen atoms in total. The van der Waals surface area contributed by atoms with Gasteiger partial charge in [-0.05, 0) is 60.7 Å². The Kier molecular flexibility index (Phi) is 11.2. The lowest BCUT2D eigenvalue weighted by Crippen LogP contribution is -2.40. The minimum Gasteiger partial charge on any atom is -0.493 e. The molecule has 240 valence electrons. The van der Waals surface area contributed by atoms with Gasteiger partial charge in [-0.3, -0.25) is 14.2 Å². The summed E-state index contributed by atoms with van der Waals surface area (Å²) in [4.78, 5) is 44.3. The quantitative estimate of drug-likeness (QED) is 0.147. The Morgan fingerprint density at radius 2 is 1.73 bits per heavy atom. The van der Waals surface area contributed by atoms with Gasteiger partial charge in [0.25, 0.3) is 5.56 Å². The number of rotatable bonds is 13. The van der Waals surface area contributed by atoms with Gasteiger partial charge in [-0.25, -0.2) is 9.79 Å². The number of methoxy groups -OCH3 is 2. The standard InChI is InChI=1S/C34H40N2O8S/c1-8-9-10-15-42-25-13-11-23(16-27(25)40-6)17-29-32(38)36-31(24-12-14-26(44-22(5)37)28(18-24)41-7)30(21(4)35-34(36)45-29)33(39)43-19-20(2)3/h11-14,16-18,20,31H,8-10,15,19H2,1-7H3/b29-17-/t31-/m1/s1. The van der Waals surface area contributed by atoms with Gasteiger partial charge in [-0.15, -0.1) is 0 Å². The molecule has 0 aliphatic carbocycles. The molecule has 0 radical (unpaired) electrons. The third-order valence-corrected chi connectivity index (χ3v) is 8.02. The summed E-state index contributed by atoms with van der Waals surface area (Å²) in [7, 11) is 3.03. The third kappa shape index (κ3) is 7.83. The Hall–Kier alpha value is -4.38. The topological polar surface area (TPSA) is 115 Å². The minimum atomic E-state index is -0.864. The lowest BCUT2D eigenvalue weighted by molar-refractivity contribution is -0.140. The van der Waals surface area contributed by atoms with E-state index in [1.165, 1.54) is 29.9 Å². The molecule has 1 atom stereocenters. The largest absolute Gasteiger partial charge is 0.493 e. The van der Waals surface area contributed by atoms with Crippen LogP contribution in [0.1, 0.15) is 71.0 Å². The molecule has 0 fully saturated rings. The van der Waals surface area contributed by atoms with Crippen molar-refractivity contribution in [1.82, 2.24) is 4.57 Å². The van der Waals surface area contributed by atoms with Crippen molar-refractivity contribution in [2.24, 2.45) is 10.9 Å². The number of carbonyl (C=O) groups is 2. The molecular formula is C34H40N2O8S. The Balaban J connectivity index is 1.83. The number of esters is 2. The average molecular weight is 637 g/mol. The van der Waals surface area contributed by atoms with Crippen molar-refractivity contribution in [3.8, 4) is 23.0 Å². The number of unbranched alkanes of at least 4 members (excludes halogenated alkanes) is 2. The molecule has 0 saturated carbocycles. The van der Waals surface area contributed by atoms with Gasteiger partial charge in [0.15, 0.2) is 27.8 Å². The molecule has 11 heteroatoms. The number of nitrogens with zero attached hydrogens (tertiary/aromatic N) is 2. The summed E-state index contributed by atoms with van der Waals surface area (Å²) >= 11 is 1.22. The van der Waals surface area contributed by atoms with Crippen molar-refractivity contribution < 1.29 is 33.3 Å². The summed E-state index contributed by atoms with van der Waals surface area (Å²) in [5, 5.41) is 0. The van der Waals surface area contributed by atoms with E-state index in [-0.39, 0.29) is 35.2 Å². The van der Waals surface area contributed by atoms with Crippen LogP contribution in [0.4, 0.5) is 0 Å². The first-order valence-electron chi connectivity index (χ1n) is 14.9. The SMILES string of the molecule is CCCCCOc1ccc(/C=c2\sc3n(c2=O)[C@H](c2ccc(OC(C)=O)c(OC)c2)C(C(=O)OCC(C)C)=C(C)N=3)cc1OC. The Bertz CT molecular complexity index is 1770. The highest BCUT2D eigenvalue weighted by Gasteiger charge is 2.34. The fourth-order valence-corrected chi connectivity index (χ4v) is 5.94. The van der Waals surface area contributed by atoms with Gasteiger partial charge in [-0.2, -0.15) is 0 Å². The van der Waals surface area contributed by atoms with E-state index in [4.69, 9.17) is 23.7 Å². The lowest BCUT2D eigenvalue weighted by atomic mass is 9.95. The van der Waals surface area contributed by atoms with Crippen LogP contribution in [-0.2, 0) is 14.3 Å². The van der Waals surface area contributed by atoms with Gasteiger partial charge >= 0.3 is 11.9 Å². The van der Waals surface area contributed by atoms with Crippen LogP contribution in [0.2, 0.25) is 0 Å². The van der Waals surface area contributed by atoms with Gasteiger partial charge in [-0.1, -0.05) is 57.1 Å². The molecule has 0 N–H and O–H groups in total. The van der Waals surface area contributed by atoms with E-state index in [0.717, 1.165) is 24.8 Å². The second kappa shape index (κ2) is 15.1. The zero-order valence-electron chi connectivity index (χ0n) is 26.8. The molecule has 0 bridgehead atoms. The Morgan fingerprint density at radius 1 is 1.02 bits per heavy atom. The number of thiazole rings is 1. The molecule has 45 heavy (non-hydrogen) atoms. The zero-order chi connectivity index (χ0) is 32.7. The van der Waals surface area contributed by atoms with Crippen LogP contribution in [0.3, 0.4) is 0 Å². The molecule has 1 aliphatic heterocycles. The smallest absolute Gasteiger partial charge is 0.338 e. The monoisotopic (exact) mass is 636 g/mol. The van der Waals surface area contributed by atoms with Gasteiger partial charge in [0, 0.05) is 6.92 Å². The predicted molar refractivity (Wildman–Crippen MR) is 172 cm³/mol. The fraction of sp³-hybridized carbons (Fsp3) is 0.412. The summed E-state index contributed by atoms with van der Waals surface area (Å²) < 4.78 is 29.8. The Morgan fingerprint density at radius 3 is 2.40 bits per heavy atom. The number of carbonyl (C=O) groups excluding carboxylic acids is 2. The van der Waals surface area contributed by atoms with Gasteiger partial charge in [0.2, 0.25) is 0 Å². The van der Waals surface area contributed by atoms with Crippen molar-refractivity contribution in [2.45, 2.75) is 59.9 Å². The molecule has 4 rings (SSSR count). The van der Waals surface area contributed by atoms with Gasteiger partial charge in [0.05, 0.1) is 49.3 Å². The van der Waals surface area contributed by atoms with Crippen LogP contribution in [0.15, 0.2) is 57.5 Å². The highest BCUT2D eigenvalue weighted by atomic mass is 32.1. The van der Waals surface area contributed by atoms with E-state index in [1.54, 1.807) is 38.3 Å². The lowest BCUT2D eigenvalue weighted by Gasteiger charge is -2.25. The zero-order valence-corrected chi connectivity index (χ0v) is 27.6. The maximum Gasteiger partial charge on any atom is 0.338 e. The van der Waals surface area contributed by atoms with Crippen molar-refractivity contribution >= 4 is 29.4 Å². The number of aromatic nitrogens is 1. The summed E-state index contributed by atoms with van der Waals surface area (Å²) in [5.74, 6) is 0.746. The second-order valence-electron chi connectivity index (χ2n) is 11.0. The molecule has 0 amide bonds. The van der Waals surface area contributed by atoms with Crippen LogP contribution < -0.4 is 33.8 Å². The number of ether oxygens (including phenoxy) is 5. The molecule has 2 heterocycles. The van der Waals surface area contributed by atoms with Gasteiger partial charge in [0.1, 0.15) is 0 Å². The number of hydrogen-bond donors (Lipinski definition) is 0. The minimum absolute atomic E-state index is 0.114. The normalized spacial score (nSPS) is 14.6. The molecule has 0 spiro atoms. The van der Waals surface area contributed by atoms with Crippen molar-refractivity contribution in [3.63, 3.8) is 0 Å². The molecule has 2 aromatic carbocycles. The first kappa shape index (κ1) is 33.5. The predicted octanol–water partition coefficient (Wildman–Crippen LogP) is 4.95. The number of fused-ring (bicyclic) bond motifs is 1. The summed E-state index contributed by atoms with van der Waals surface area (Å²) in [6, 6.07) is 9.59. The second-order valence-corrected chi connectivity index (χ2v) is 12.1. The number of benzene rings is 2. The van der Waals surface area contributed by atoms with Crippen LogP contribution in [0, 0.1) is 5.92 Å². The van der Waals surface area contributed by atoms with Crippen LogP contribution in [0.25, 0.3) is 6.08 Å². The summed E-state index contributed by atoms with van der Waals surface area (Å²) in [6.45, 7) is 9.85. The fourth-order valence-electron chi connectivity index (χ4n) is 4.89. The average Bonchev–Trinajstić information content (AvgIpc) is 3.31. The van der Waals surface area contributed by atoms with Crippen molar-refractivity contribution in [3.05, 3.63) is 78.5 Å². The highest BCUT2D eigenvalue weighted by molar-refractivity contribution is 7.07. The molecule has 3 aromatic rings. The molecule has 1 aliphatic rings. The van der Waals surface area contributed by atoms with Crippen LogP contribution in [0.5, 0.6) is 23.0 Å². The van der Waals surface area contributed by atoms with E-state index in [1.807, 2.05) is 32.0 Å². The summed E-state index contributed by atoms with van der Waals surface area (Å²) in [6.07, 6.45) is 4.91. The maximum absolute atomic E-state index is 14.1. The number of hydrogen-bond acceptors (Lipinski definition) is 10. The van der Waals surface area contributed by atoms with E-state index in [9.17, 15) is 14.4 Å². The van der Waals surface area contributed by atoms with E-state index in [2.05, 4.69) is 11.9 Å². The molecular weight excluding hydrogens is 596 g/mol. The van der Waals surface area contributed by atoms with E-state index in [0.29, 0.717) is 38.7 Å². The van der Waals surface area contributed by atoms with Crippen LogP contribution >= 0.6 is 11.3 Å². The Labute approximate surface area is 266 Å². The molecule has 0 unspecified atom stereocenters. The van der Waals surface area contributed by atoms with E-state index >= 15 is 0 Å². The number of allylic oxidation sites excluding steroid dienone is 1. The molecule has 0 saturated heterocycles. The summed E-state index contributed by atoms with van der Waals surface area (Å²) in [5.41, 5.74) is 1.66. The first-order valence-corrected chi connectivity index (χ1v) is 15.8.